The van der Waals surface area contributed by atoms with Gasteiger partial charge in [0.05, 0.1) is 12.2 Å². The van der Waals surface area contributed by atoms with E-state index in [2.05, 4.69) is 39.6 Å². The maximum Gasteiger partial charge on any atom is 0.148 e. The summed E-state index contributed by atoms with van der Waals surface area (Å²) in [6.07, 6.45) is 6.59. The molecule has 0 spiro atoms. The molecular formula is C14H14ClN3. The van der Waals surface area contributed by atoms with Crippen molar-refractivity contribution >= 4 is 17.4 Å². The van der Waals surface area contributed by atoms with Crippen LogP contribution in [0.1, 0.15) is 30.0 Å². The second-order valence-electron chi connectivity index (χ2n) is 4.51. The van der Waals surface area contributed by atoms with E-state index in [0.717, 1.165) is 12.8 Å². The van der Waals surface area contributed by atoms with Gasteiger partial charge in [-0.15, -0.1) is 0 Å². The molecule has 4 heteroatoms. The first-order valence-electron chi connectivity index (χ1n) is 6.14. The minimum absolute atomic E-state index is 0.294. The zero-order chi connectivity index (χ0) is 12.4. The van der Waals surface area contributed by atoms with E-state index in [9.17, 15) is 0 Å². The molecule has 92 valence electrons. The summed E-state index contributed by atoms with van der Waals surface area (Å²) in [5.41, 5.74) is 2.78. The summed E-state index contributed by atoms with van der Waals surface area (Å²) in [5.74, 6) is 0.716. The average molecular weight is 260 g/mol. The number of rotatable bonds is 2. The van der Waals surface area contributed by atoms with E-state index in [1.54, 1.807) is 6.20 Å². The summed E-state index contributed by atoms with van der Waals surface area (Å²) in [7, 11) is 0. The van der Waals surface area contributed by atoms with Gasteiger partial charge in [0.2, 0.25) is 0 Å². The molecule has 18 heavy (non-hydrogen) atoms. The Hall–Kier alpha value is -1.61. The average Bonchev–Trinajstić information content (AvgIpc) is 2.42. The van der Waals surface area contributed by atoms with Gasteiger partial charge in [0, 0.05) is 0 Å². The molecule has 3 rings (SSSR count). The molecule has 2 aromatic rings. The first kappa shape index (κ1) is 11.5. The van der Waals surface area contributed by atoms with Crippen LogP contribution < -0.4 is 5.32 Å². The number of aryl methyl sites for hydroxylation is 1. The lowest BCUT2D eigenvalue weighted by Crippen LogP contribution is -2.18. The molecule has 3 nitrogen and oxygen atoms in total. The second kappa shape index (κ2) is 4.94. The van der Waals surface area contributed by atoms with E-state index < -0.39 is 0 Å². The SMILES string of the molecule is Clc1cncnc1NC1CCCc2ccccc21. The fourth-order valence-corrected chi connectivity index (χ4v) is 2.65. The minimum atomic E-state index is 0.294. The summed E-state index contributed by atoms with van der Waals surface area (Å²) in [6, 6.07) is 8.85. The molecule has 1 aliphatic rings. The molecule has 1 aromatic carbocycles. The van der Waals surface area contributed by atoms with Crippen LogP contribution in [0.2, 0.25) is 5.02 Å². The molecule has 1 heterocycles. The summed E-state index contributed by atoms with van der Waals surface area (Å²) in [4.78, 5) is 8.09. The smallest absolute Gasteiger partial charge is 0.148 e. The third kappa shape index (κ3) is 2.18. The van der Waals surface area contributed by atoms with Crippen molar-refractivity contribution in [2.75, 3.05) is 5.32 Å². The van der Waals surface area contributed by atoms with Gasteiger partial charge in [0.25, 0.3) is 0 Å². The van der Waals surface area contributed by atoms with Crippen LogP contribution in [0.25, 0.3) is 0 Å². The predicted octanol–water partition coefficient (Wildman–Crippen LogP) is 3.62. The minimum Gasteiger partial charge on any atom is -0.362 e. The van der Waals surface area contributed by atoms with Gasteiger partial charge in [-0.3, -0.25) is 0 Å². The van der Waals surface area contributed by atoms with Gasteiger partial charge in [-0.25, -0.2) is 9.97 Å². The first-order valence-corrected chi connectivity index (χ1v) is 6.52. The van der Waals surface area contributed by atoms with Crippen molar-refractivity contribution in [3.63, 3.8) is 0 Å². The van der Waals surface area contributed by atoms with E-state index in [-0.39, 0.29) is 0 Å². The summed E-state index contributed by atoms with van der Waals surface area (Å²) >= 11 is 6.08. The van der Waals surface area contributed by atoms with Crippen LogP contribution in [0.15, 0.2) is 36.8 Å². The number of benzene rings is 1. The van der Waals surface area contributed by atoms with E-state index in [0.29, 0.717) is 16.9 Å². The molecule has 1 aliphatic carbocycles. The van der Waals surface area contributed by atoms with Gasteiger partial charge < -0.3 is 5.32 Å². The van der Waals surface area contributed by atoms with E-state index in [1.807, 2.05) is 0 Å². The van der Waals surface area contributed by atoms with Crippen LogP contribution in [-0.4, -0.2) is 9.97 Å². The van der Waals surface area contributed by atoms with Crippen LogP contribution >= 0.6 is 11.6 Å². The zero-order valence-electron chi connectivity index (χ0n) is 9.94. The van der Waals surface area contributed by atoms with Gasteiger partial charge >= 0.3 is 0 Å². The summed E-state index contributed by atoms with van der Waals surface area (Å²) in [5, 5.41) is 3.99. The molecule has 1 N–H and O–H groups in total. The number of hydrogen-bond acceptors (Lipinski definition) is 3. The Morgan fingerprint density at radius 1 is 1.28 bits per heavy atom. The Balaban J connectivity index is 1.89. The van der Waals surface area contributed by atoms with Gasteiger partial charge in [-0.1, -0.05) is 35.9 Å². The van der Waals surface area contributed by atoms with Crippen molar-refractivity contribution in [1.29, 1.82) is 0 Å². The van der Waals surface area contributed by atoms with Crippen molar-refractivity contribution in [2.24, 2.45) is 0 Å². The zero-order valence-corrected chi connectivity index (χ0v) is 10.7. The van der Waals surface area contributed by atoms with Crippen molar-refractivity contribution in [3.8, 4) is 0 Å². The molecular weight excluding hydrogens is 246 g/mol. The first-order chi connectivity index (χ1) is 8.84. The molecule has 0 aliphatic heterocycles. The van der Waals surface area contributed by atoms with E-state index in [1.165, 1.54) is 23.9 Å². The van der Waals surface area contributed by atoms with Gasteiger partial charge in [0.1, 0.15) is 17.2 Å². The van der Waals surface area contributed by atoms with Crippen molar-refractivity contribution < 1.29 is 0 Å². The second-order valence-corrected chi connectivity index (χ2v) is 4.91. The highest BCUT2D eigenvalue weighted by atomic mass is 35.5. The van der Waals surface area contributed by atoms with Gasteiger partial charge in [0.15, 0.2) is 0 Å². The normalized spacial score (nSPS) is 18.2. The summed E-state index contributed by atoms with van der Waals surface area (Å²) < 4.78 is 0. The third-order valence-corrected chi connectivity index (χ3v) is 3.62. The van der Waals surface area contributed by atoms with Crippen LogP contribution in [0.4, 0.5) is 5.82 Å². The Morgan fingerprint density at radius 3 is 3.06 bits per heavy atom. The van der Waals surface area contributed by atoms with Crippen molar-refractivity contribution in [2.45, 2.75) is 25.3 Å². The number of fused-ring (bicyclic) bond motifs is 1. The van der Waals surface area contributed by atoms with Crippen LogP contribution in [0.5, 0.6) is 0 Å². The molecule has 0 fully saturated rings. The highest BCUT2D eigenvalue weighted by Gasteiger charge is 2.20. The quantitative estimate of drug-likeness (QED) is 0.895. The number of aromatic nitrogens is 2. The Labute approximate surface area is 111 Å². The van der Waals surface area contributed by atoms with Crippen LogP contribution in [0.3, 0.4) is 0 Å². The summed E-state index contributed by atoms with van der Waals surface area (Å²) in [6.45, 7) is 0. The lowest BCUT2D eigenvalue weighted by Gasteiger charge is -2.26. The third-order valence-electron chi connectivity index (χ3n) is 3.35. The fourth-order valence-electron chi connectivity index (χ4n) is 2.49. The number of hydrogen-bond donors (Lipinski definition) is 1. The van der Waals surface area contributed by atoms with Crippen LogP contribution in [-0.2, 0) is 6.42 Å². The molecule has 1 aromatic heterocycles. The number of anilines is 1. The Morgan fingerprint density at radius 2 is 2.17 bits per heavy atom. The van der Waals surface area contributed by atoms with E-state index >= 15 is 0 Å². The molecule has 1 unspecified atom stereocenters. The van der Waals surface area contributed by atoms with E-state index in [4.69, 9.17) is 11.6 Å². The number of nitrogens with zero attached hydrogens (tertiary/aromatic N) is 2. The molecule has 0 bridgehead atoms. The highest BCUT2D eigenvalue weighted by Crippen LogP contribution is 2.33. The molecule has 0 radical (unpaired) electrons. The lowest BCUT2D eigenvalue weighted by molar-refractivity contribution is 0.598. The largest absolute Gasteiger partial charge is 0.362 e. The van der Waals surface area contributed by atoms with Crippen molar-refractivity contribution in [3.05, 3.63) is 52.9 Å². The standard InChI is InChI=1S/C14H14ClN3/c15-12-8-16-9-17-14(12)18-13-7-3-5-10-4-1-2-6-11(10)13/h1-2,4,6,8-9,13H,3,5,7H2,(H,16,17,18). The molecule has 0 saturated carbocycles. The molecule has 0 saturated heterocycles. The number of halogens is 1. The highest BCUT2D eigenvalue weighted by molar-refractivity contribution is 6.32. The lowest BCUT2D eigenvalue weighted by atomic mass is 9.88. The Kier molecular flexibility index (Phi) is 3.15. The fraction of sp³-hybridized carbons (Fsp3) is 0.286. The molecule has 0 amide bonds. The van der Waals surface area contributed by atoms with Crippen LogP contribution in [0, 0.1) is 0 Å². The van der Waals surface area contributed by atoms with Gasteiger partial charge in [-0.2, -0.15) is 0 Å². The predicted molar refractivity (Wildman–Crippen MR) is 72.8 cm³/mol. The topological polar surface area (TPSA) is 37.8 Å². The monoisotopic (exact) mass is 259 g/mol. The number of nitrogens with one attached hydrogen (secondary N) is 1. The maximum atomic E-state index is 6.08. The molecule has 1 atom stereocenters. The Bertz CT molecular complexity index is 556. The van der Waals surface area contributed by atoms with Crippen molar-refractivity contribution in [1.82, 2.24) is 9.97 Å². The maximum absolute atomic E-state index is 6.08. The van der Waals surface area contributed by atoms with Gasteiger partial charge in [-0.05, 0) is 30.4 Å².